The second kappa shape index (κ2) is 6.23. The van der Waals surface area contributed by atoms with Gasteiger partial charge < -0.3 is 5.32 Å². The number of hydrogen-bond donors (Lipinski definition) is 1. The van der Waals surface area contributed by atoms with E-state index in [4.69, 9.17) is 11.6 Å². The van der Waals surface area contributed by atoms with Gasteiger partial charge in [0.05, 0.1) is 17.9 Å². The molecule has 1 N–H and O–H groups in total. The molecule has 1 aromatic heterocycles. The average molecular weight is 272 g/mol. The lowest BCUT2D eigenvalue weighted by Crippen LogP contribution is -2.29. The van der Waals surface area contributed by atoms with E-state index < -0.39 is 0 Å². The van der Waals surface area contributed by atoms with Crippen molar-refractivity contribution < 1.29 is 0 Å². The summed E-state index contributed by atoms with van der Waals surface area (Å²) in [6.07, 6.45) is 2.61. The van der Waals surface area contributed by atoms with Crippen LogP contribution in [0.25, 0.3) is 0 Å². The number of rotatable bonds is 5. The van der Waals surface area contributed by atoms with E-state index in [9.17, 15) is 4.79 Å². The Morgan fingerprint density at radius 2 is 2.00 bits per heavy atom. The Morgan fingerprint density at radius 1 is 1.39 bits per heavy atom. The van der Waals surface area contributed by atoms with Crippen molar-refractivity contribution in [3.63, 3.8) is 0 Å². The SMILES string of the molecule is CCC(Nc1cnn(C(C)C)c(=O)c1Cl)C(C)C. The molecule has 0 spiro atoms. The van der Waals surface area contributed by atoms with Gasteiger partial charge in [-0.05, 0) is 26.2 Å². The molecule has 0 aliphatic heterocycles. The standard InChI is InChI=1S/C13H22ClN3O/c1-6-10(8(2)3)16-11-7-15-17(9(4)5)13(18)12(11)14/h7-10,16H,6H2,1-5H3. The van der Waals surface area contributed by atoms with Crippen molar-refractivity contribution in [3.05, 3.63) is 21.6 Å². The minimum absolute atomic E-state index is 0.0103. The Labute approximate surface area is 113 Å². The van der Waals surface area contributed by atoms with Gasteiger partial charge in [0, 0.05) is 6.04 Å². The molecule has 5 heteroatoms. The van der Waals surface area contributed by atoms with Gasteiger partial charge in [-0.25, -0.2) is 4.68 Å². The minimum atomic E-state index is -0.240. The van der Waals surface area contributed by atoms with Crippen LogP contribution in [-0.4, -0.2) is 15.8 Å². The quantitative estimate of drug-likeness (QED) is 0.894. The molecule has 102 valence electrons. The highest BCUT2D eigenvalue weighted by atomic mass is 35.5. The van der Waals surface area contributed by atoms with Gasteiger partial charge in [-0.3, -0.25) is 4.79 Å². The van der Waals surface area contributed by atoms with E-state index in [0.717, 1.165) is 6.42 Å². The van der Waals surface area contributed by atoms with Crippen LogP contribution < -0.4 is 10.9 Å². The predicted octanol–water partition coefficient (Wildman–Crippen LogP) is 3.32. The Bertz CT molecular complexity index is 454. The van der Waals surface area contributed by atoms with Crippen LogP contribution in [0.2, 0.25) is 5.02 Å². The molecule has 1 atom stereocenters. The first kappa shape index (κ1) is 15.0. The molecule has 1 aromatic rings. The van der Waals surface area contributed by atoms with E-state index in [1.165, 1.54) is 4.68 Å². The largest absolute Gasteiger partial charge is 0.379 e. The molecule has 0 amide bonds. The number of halogens is 1. The van der Waals surface area contributed by atoms with Crippen molar-refractivity contribution in [3.8, 4) is 0 Å². The smallest absolute Gasteiger partial charge is 0.287 e. The van der Waals surface area contributed by atoms with Crippen LogP contribution in [0.5, 0.6) is 0 Å². The first-order valence-electron chi connectivity index (χ1n) is 6.42. The van der Waals surface area contributed by atoms with Gasteiger partial charge in [-0.2, -0.15) is 5.10 Å². The highest BCUT2D eigenvalue weighted by molar-refractivity contribution is 6.32. The number of anilines is 1. The van der Waals surface area contributed by atoms with Gasteiger partial charge in [-0.1, -0.05) is 32.4 Å². The molecular formula is C13H22ClN3O. The fourth-order valence-electron chi connectivity index (χ4n) is 1.85. The minimum Gasteiger partial charge on any atom is -0.379 e. The van der Waals surface area contributed by atoms with Gasteiger partial charge in [0.1, 0.15) is 5.02 Å². The van der Waals surface area contributed by atoms with Gasteiger partial charge >= 0.3 is 0 Å². The molecule has 4 nitrogen and oxygen atoms in total. The van der Waals surface area contributed by atoms with Gasteiger partial charge in [-0.15, -0.1) is 0 Å². The van der Waals surface area contributed by atoms with Gasteiger partial charge in [0.25, 0.3) is 5.56 Å². The van der Waals surface area contributed by atoms with E-state index in [1.54, 1.807) is 6.20 Å². The molecular weight excluding hydrogens is 250 g/mol. The summed E-state index contributed by atoms with van der Waals surface area (Å²) >= 11 is 6.11. The highest BCUT2D eigenvalue weighted by Gasteiger charge is 2.16. The van der Waals surface area contributed by atoms with Crippen molar-refractivity contribution in [2.24, 2.45) is 5.92 Å². The van der Waals surface area contributed by atoms with Crippen molar-refractivity contribution in [1.29, 1.82) is 0 Å². The van der Waals surface area contributed by atoms with Crippen LogP contribution in [0.4, 0.5) is 5.69 Å². The molecule has 0 aliphatic rings. The van der Waals surface area contributed by atoms with Crippen LogP contribution in [0.1, 0.15) is 47.1 Å². The van der Waals surface area contributed by atoms with E-state index >= 15 is 0 Å². The molecule has 0 radical (unpaired) electrons. The zero-order valence-corrected chi connectivity index (χ0v) is 12.5. The second-order valence-electron chi connectivity index (χ2n) is 5.12. The van der Waals surface area contributed by atoms with E-state index in [0.29, 0.717) is 17.6 Å². The van der Waals surface area contributed by atoms with Crippen molar-refractivity contribution >= 4 is 17.3 Å². The first-order chi connectivity index (χ1) is 8.38. The van der Waals surface area contributed by atoms with Crippen LogP contribution in [0, 0.1) is 5.92 Å². The number of nitrogens with one attached hydrogen (secondary N) is 1. The zero-order valence-electron chi connectivity index (χ0n) is 11.7. The monoisotopic (exact) mass is 271 g/mol. The third-order valence-electron chi connectivity index (χ3n) is 3.02. The molecule has 1 heterocycles. The Morgan fingerprint density at radius 3 is 2.44 bits per heavy atom. The summed E-state index contributed by atoms with van der Waals surface area (Å²) in [7, 11) is 0. The van der Waals surface area contributed by atoms with Crippen LogP contribution in [0.15, 0.2) is 11.0 Å². The Balaban J connectivity index is 3.06. The molecule has 18 heavy (non-hydrogen) atoms. The lowest BCUT2D eigenvalue weighted by molar-refractivity contribution is 0.496. The summed E-state index contributed by atoms with van der Waals surface area (Å²) in [6.45, 7) is 10.2. The molecule has 0 bridgehead atoms. The van der Waals surface area contributed by atoms with Crippen LogP contribution in [0.3, 0.4) is 0 Å². The Hall–Kier alpha value is -1.03. The number of hydrogen-bond acceptors (Lipinski definition) is 3. The van der Waals surface area contributed by atoms with E-state index in [-0.39, 0.29) is 16.6 Å². The summed E-state index contributed by atoms with van der Waals surface area (Å²) in [4.78, 5) is 12.0. The third-order valence-corrected chi connectivity index (χ3v) is 3.38. The maximum atomic E-state index is 12.0. The maximum absolute atomic E-state index is 12.0. The first-order valence-corrected chi connectivity index (χ1v) is 6.80. The lowest BCUT2D eigenvalue weighted by atomic mass is 10.0. The highest BCUT2D eigenvalue weighted by Crippen LogP contribution is 2.20. The van der Waals surface area contributed by atoms with Crippen molar-refractivity contribution in [2.45, 2.75) is 53.1 Å². The van der Waals surface area contributed by atoms with E-state index in [2.05, 4.69) is 31.2 Å². The van der Waals surface area contributed by atoms with Crippen LogP contribution >= 0.6 is 11.6 Å². The number of aromatic nitrogens is 2. The second-order valence-corrected chi connectivity index (χ2v) is 5.50. The van der Waals surface area contributed by atoms with E-state index in [1.807, 2.05) is 13.8 Å². The zero-order chi connectivity index (χ0) is 13.9. The summed E-state index contributed by atoms with van der Waals surface area (Å²) in [5.41, 5.74) is 0.384. The lowest BCUT2D eigenvalue weighted by Gasteiger charge is -2.22. The molecule has 0 aliphatic carbocycles. The third kappa shape index (κ3) is 3.25. The Kier molecular flexibility index (Phi) is 5.20. The molecule has 0 saturated heterocycles. The molecule has 1 unspecified atom stereocenters. The normalized spacial score (nSPS) is 13.1. The molecule has 0 fully saturated rings. The van der Waals surface area contributed by atoms with Gasteiger partial charge in [0.15, 0.2) is 0 Å². The van der Waals surface area contributed by atoms with Crippen LogP contribution in [-0.2, 0) is 0 Å². The summed E-state index contributed by atoms with van der Waals surface area (Å²) in [5.74, 6) is 0.471. The molecule has 1 rings (SSSR count). The van der Waals surface area contributed by atoms with Crippen molar-refractivity contribution in [1.82, 2.24) is 9.78 Å². The summed E-state index contributed by atoms with van der Waals surface area (Å²) in [5, 5.41) is 7.66. The molecule has 0 saturated carbocycles. The van der Waals surface area contributed by atoms with Gasteiger partial charge in [0.2, 0.25) is 0 Å². The topological polar surface area (TPSA) is 46.9 Å². The maximum Gasteiger partial charge on any atom is 0.287 e. The summed E-state index contributed by atoms with van der Waals surface area (Å²) < 4.78 is 1.39. The summed E-state index contributed by atoms with van der Waals surface area (Å²) in [6, 6.07) is 0.301. The van der Waals surface area contributed by atoms with Crippen molar-refractivity contribution in [2.75, 3.05) is 5.32 Å². The average Bonchev–Trinajstić information content (AvgIpc) is 2.30. The fraction of sp³-hybridized carbons (Fsp3) is 0.692. The number of nitrogens with zero attached hydrogens (tertiary/aromatic N) is 2. The predicted molar refractivity (Wildman–Crippen MR) is 76.4 cm³/mol. The molecule has 0 aromatic carbocycles. The fourth-order valence-corrected chi connectivity index (χ4v) is 2.04.